The zero-order valence-electron chi connectivity index (χ0n) is 19.5. The van der Waals surface area contributed by atoms with Crippen LogP contribution in [0.2, 0.25) is 0 Å². The van der Waals surface area contributed by atoms with Crippen molar-refractivity contribution in [3.8, 4) is 5.75 Å². The van der Waals surface area contributed by atoms with Gasteiger partial charge in [0.25, 0.3) is 0 Å². The van der Waals surface area contributed by atoms with E-state index < -0.39 is 36.0 Å². The summed E-state index contributed by atoms with van der Waals surface area (Å²) in [5, 5.41) is 0. The summed E-state index contributed by atoms with van der Waals surface area (Å²) in [7, 11) is 0. The van der Waals surface area contributed by atoms with Crippen LogP contribution in [0, 0.1) is 5.82 Å². The van der Waals surface area contributed by atoms with Crippen LogP contribution >= 0.6 is 0 Å². The van der Waals surface area contributed by atoms with Crippen molar-refractivity contribution >= 4 is 11.9 Å². The molecule has 11 heteroatoms. The highest BCUT2D eigenvalue weighted by molar-refractivity contribution is 5.89. The number of carbonyl (C=O) groups excluding carboxylic acids is 1. The lowest BCUT2D eigenvalue weighted by Crippen LogP contribution is -2.45. The van der Waals surface area contributed by atoms with Crippen molar-refractivity contribution in [2.45, 2.75) is 71.1 Å². The van der Waals surface area contributed by atoms with Gasteiger partial charge in [-0.25, -0.2) is 24.1 Å². The average molecular weight is 485 g/mol. The maximum absolute atomic E-state index is 14.7. The SMILES string of the molecule is C[C@H](Cc1ncc(F)c(N2C(=O)OC[C@@H]2[C@@H](C)OC(C)(C)C)n1)c1ccc(OC(F)(F)F)cc1. The molecule has 1 aromatic carbocycles. The number of alkyl halides is 3. The Morgan fingerprint density at radius 3 is 2.41 bits per heavy atom. The van der Waals surface area contributed by atoms with Crippen LogP contribution in [0.4, 0.5) is 28.2 Å². The molecule has 1 aromatic heterocycles. The van der Waals surface area contributed by atoms with Gasteiger partial charge in [0, 0.05) is 6.42 Å². The summed E-state index contributed by atoms with van der Waals surface area (Å²) in [6.07, 6.45) is -4.71. The molecule has 3 atom stereocenters. The van der Waals surface area contributed by atoms with Crippen LogP contribution in [0.15, 0.2) is 30.5 Å². The largest absolute Gasteiger partial charge is 0.573 e. The summed E-state index contributed by atoms with van der Waals surface area (Å²) in [6.45, 7) is 9.25. The predicted molar refractivity (Wildman–Crippen MR) is 115 cm³/mol. The van der Waals surface area contributed by atoms with Crippen LogP contribution in [0.25, 0.3) is 0 Å². The van der Waals surface area contributed by atoms with E-state index in [2.05, 4.69) is 14.7 Å². The van der Waals surface area contributed by atoms with Crippen molar-refractivity contribution in [3.05, 3.63) is 47.7 Å². The first-order chi connectivity index (χ1) is 15.7. The minimum atomic E-state index is -4.77. The third-order valence-corrected chi connectivity index (χ3v) is 5.16. The highest BCUT2D eigenvalue weighted by Crippen LogP contribution is 2.30. The second kappa shape index (κ2) is 9.73. The van der Waals surface area contributed by atoms with Crippen LogP contribution in [0.3, 0.4) is 0 Å². The fraction of sp³-hybridized carbons (Fsp3) is 0.522. The molecule has 0 radical (unpaired) electrons. The van der Waals surface area contributed by atoms with E-state index in [1.54, 1.807) is 6.92 Å². The molecule has 0 aliphatic carbocycles. The third-order valence-electron chi connectivity index (χ3n) is 5.16. The number of hydrogen-bond donors (Lipinski definition) is 0. The minimum absolute atomic E-state index is 0.0254. The van der Waals surface area contributed by atoms with Crippen molar-refractivity contribution in [1.29, 1.82) is 0 Å². The molecule has 0 bridgehead atoms. The number of ether oxygens (including phenoxy) is 3. The van der Waals surface area contributed by atoms with Gasteiger partial charge in [-0.3, -0.25) is 0 Å². The number of amides is 1. The smallest absolute Gasteiger partial charge is 0.447 e. The fourth-order valence-electron chi connectivity index (χ4n) is 3.71. The number of halogens is 4. The highest BCUT2D eigenvalue weighted by atomic mass is 19.4. The van der Waals surface area contributed by atoms with Crippen LogP contribution in [0.5, 0.6) is 5.75 Å². The number of benzene rings is 1. The van der Waals surface area contributed by atoms with Gasteiger partial charge < -0.3 is 14.2 Å². The van der Waals surface area contributed by atoms with Gasteiger partial charge in [0.2, 0.25) is 0 Å². The van der Waals surface area contributed by atoms with Gasteiger partial charge in [-0.05, 0) is 51.3 Å². The van der Waals surface area contributed by atoms with Crippen LogP contribution in [0.1, 0.15) is 51.9 Å². The molecule has 0 N–H and O–H groups in total. The van der Waals surface area contributed by atoms with Crippen molar-refractivity contribution in [3.63, 3.8) is 0 Å². The minimum Gasteiger partial charge on any atom is -0.447 e. The van der Waals surface area contributed by atoms with Crippen molar-refractivity contribution < 1.29 is 36.6 Å². The Morgan fingerprint density at radius 1 is 1.18 bits per heavy atom. The molecule has 2 aromatic rings. The van der Waals surface area contributed by atoms with Crippen LogP contribution in [-0.2, 0) is 15.9 Å². The molecule has 3 rings (SSSR count). The maximum atomic E-state index is 14.7. The maximum Gasteiger partial charge on any atom is 0.573 e. The molecular weight excluding hydrogens is 458 g/mol. The van der Waals surface area contributed by atoms with E-state index in [1.165, 1.54) is 24.3 Å². The summed E-state index contributed by atoms with van der Waals surface area (Å²) >= 11 is 0. The van der Waals surface area contributed by atoms with E-state index in [-0.39, 0.29) is 36.3 Å². The molecule has 0 unspecified atom stereocenters. The normalized spacial score (nSPS) is 18.6. The van der Waals surface area contributed by atoms with E-state index in [0.717, 1.165) is 16.7 Å². The first-order valence-corrected chi connectivity index (χ1v) is 10.7. The zero-order chi connectivity index (χ0) is 25.3. The standard InChI is InChI=1S/C23H27F4N3O4/c1-13(15-6-8-16(9-7-15)34-23(25,26)27)10-19-28-11-17(24)20(29-19)30-18(12-32-21(30)31)14(2)33-22(3,4)5/h6-9,11,13-14,18H,10,12H2,1-5H3/t13-,14-,18-/m1/s1. The Morgan fingerprint density at radius 2 is 1.82 bits per heavy atom. The zero-order valence-corrected chi connectivity index (χ0v) is 19.5. The molecule has 34 heavy (non-hydrogen) atoms. The van der Waals surface area contributed by atoms with Gasteiger partial charge in [-0.1, -0.05) is 19.1 Å². The highest BCUT2D eigenvalue weighted by Gasteiger charge is 2.41. The molecule has 1 aliphatic rings. The number of hydrogen-bond acceptors (Lipinski definition) is 6. The Hall–Kier alpha value is -2.95. The molecule has 0 spiro atoms. The number of nitrogens with zero attached hydrogens (tertiary/aromatic N) is 3. The van der Waals surface area contributed by atoms with Crippen molar-refractivity contribution in [2.75, 3.05) is 11.5 Å². The monoisotopic (exact) mass is 485 g/mol. The lowest BCUT2D eigenvalue weighted by molar-refractivity contribution is -0.274. The number of rotatable bonds is 7. The molecule has 7 nitrogen and oxygen atoms in total. The molecule has 2 heterocycles. The van der Waals surface area contributed by atoms with Crippen molar-refractivity contribution in [1.82, 2.24) is 9.97 Å². The number of aromatic nitrogens is 2. The molecule has 1 fully saturated rings. The summed E-state index contributed by atoms with van der Waals surface area (Å²) in [6, 6.07) is 4.88. The van der Waals surface area contributed by atoms with Gasteiger partial charge in [0.1, 0.15) is 24.2 Å². The summed E-state index contributed by atoms with van der Waals surface area (Å²) in [5.74, 6) is -1.25. The van der Waals surface area contributed by atoms with Crippen molar-refractivity contribution in [2.24, 2.45) is 0 Å². The molecule has 186 valence electrons. The van der Waals surface area contributed by atoms with Gasteiger partial charge in [-0.15, -0.1) is 13.2 Å². The first kappa shape index (κ1) is 25.7. The second-order valence-electron chi connectivity index (χ2n) is 9.13. The molecule has 0 saturated carbocycles. The predicted octanol–water partition coefficient (Wildman–Crippen LogP) is 5.39. The van der Waals surface area contributed by atoms with E-state index in [0.29, 0.717) is 0 Å². The van der Waals surface area contributed by atoms with E-state index in [1.807, 2.05) is 27.7 Å². The first-order valence-electron chi connectivity index (χ1n) is 10.7. The van der Waals surface area contributed by atoms with Crippen LogP contribution < -0.4 is 9.64 Å². The lowest BCUT2D eigenvalue weighted by atomic mass is 9.97. The molecule has 1 aliphatic heterocycles. The quantitative estimate of drug-likeness (QED) is 0.490. The molecule has 1 amide bonds. The summed E-state index contributed by atoms with van der Waals surface area (Å²) < 4.78 is 66.7. The van der Waals surface area contributed by atoms with Gasteiger partial charge in [0.15, 0.2) is 11.6 Å². The Labute approximate surface area is 195 Å². The van der Waals surface area contributed by atoms with E-state index in [4.69, 9.17) is 9.47 Å². The summed E-state index contributed by atoms with van der Waals surface area (Å²) in [5.41, 5.74) is 0.233. The van der Waals surface area contributed by atoms with Gasteiger partial charge in [0.05, 0.1) is 17.9 Å². The van der Waals surface area contributed by atoms with Gasteiger partial charge >= 0.3 is 12.5 Å². The number of anilines is 1. The number of carbonyl (C=O) groups is 1. The van der Waals surface area contributed by atoms with Crippen LogP contribution in [-0.4, -0.2) is 46.8 Å². The molecule has 1 saturated heterocycles. The topological polar surface area (TPSA) is 73.8 Å². The summed E-state index contributed by atoms with van der Waals surface area (Å²) in [4.78, 5) is 21.9. The second-order valence-corrected chi connectivity index (χ2v) is 9.13. The average Bonchev–Trinajstić information content (AvgIpc) is 3.09. The Bertz CT molecular complexity index is 1010. The third kappa shape index (κ3) is 6.55. The number of cyclic esters (lactones) is 1. The Balaban J connectivity index is 1.78. The van der Waals surface area contributed by atoms with Gasteiger partial charge in [-0.2, -0.15) is 0 Å². The van der Waals surface area contributed by atoms with E-state index >= 15 is 0 Å². The molecular formula is C23H27F4N3O4. The Kier molecular flexibility index (Phi) is 7.35. The fourth-order valence-corrected chi connectivity index (χ4v) is 3.71. The lowest BCUT2D eigenvalue weighted by Gasteiger charge is -2.31. The van der Waals surface area contributed by atoms with E-state index in [9.17, 15) is 22.4 Å².